The SMILES string of the molecule is COc1ccc2oc(-c3cccc(NC(=O)c4ccc(-c5cccc(Cl)c5Cl)o4)c3)nc2c1. The first kappa shape index (κ1) is 21.1. The molecular formula is C25H16Cl2N2O4. The van der Waals surface area contributed by atoms with Crippen LogP contribution in [0.15, 0.2) is 81.6 Å². The number of oxazole rings is 1. The number of nitrogens with zero attached hydrogens (tertiary/aromatic N) is 1. The molecule has 0 radical (unpaired) electrons. The molecule has 0 atom stereocenters. The molecule has 8 heteroatoms. The summed E-state index contributed by atoms with van der Waals surface area (Å²) in [6, 6.07) is 21.1. The average molecular weight is 479 g/mol. The second kappa shape index (κ2) is 8.65. The zero-order valence-electron chi connectivity index (χ0n) is 17.3. The van der Waals surface area contributed by atoms with Crippen LogP contribution in [0, 0.1) is 0 Å². The molecular weight excluding hydrogens is 463 g/mol. The van der Waals surface area contributed by atoms with E-state index in [1.807, 2.05) is 12.1 Å². The molecule has 6 nitrogen and oxygen atoms in total. The monoisotopic (exact) mass is 478 g/mol. The maximum absolute atomic E-state index is 12.8. The van der Waals surface area contributed by atoms with E-state index in [2.05, 4.69) is 10.3 Å². The Morgan fingerprint density at radius 3 is 2.67 bits per heavy atom. The number of hydrogen-bond donors (Lipinski definition) is 1. The van der Waals surface area contributed by atoms with Crippen molar-refractivity contribution < 1.29 is 18.4 Å². The highest BCUT2D eigenvalue weighted by atomic mass is 35.5. The number of methoxy groups -OCH3 is 1. The summed E-state index contributed by atoms with van der Waals surface area (Å²) in [5.41, 5.74) is 3.22. The van der Waals surface area contributed by atoms with E-state index in [-0.39, 0.29) is 5.76 Å². The van der Waals surface area contributed by atoms with Crippen LogP contribution < -0.4 is 10.1 Å². The lowest BCUT2D eigenvalue weighted by Gasteiger charge is -2.05. The average Bonchev–Trinajstić information content (AvgIpc) is 3.48. The van der Waals surface area contributed by atoms with Crippen molar-refractivity contribution in [3.8, 4) is 28.5 Å². The molecule has 33 heavy (non-hydrogen) atoms. The Balaban J connectivity index is 1.37. The van der Waals surface area contributed by atoms with Gasteiger partial charge in [0.15, 0.2) is 11.3 Å². The zero-order chi connectivity index (χ0) is 22.9. The van der Waals surface area contributed by atoms with E-state index in [0.717, 1.165) is 0 Å². The van der Waals surface area contributed by atoms with Crippen molar-refractivity contribution in [1.82, 2.24) is 4.98 Å². The van der Waals surface area contributed by atoms with Crippen molar-refractivity contribution in [2.75, 3.05) is 12.4 Å². The summed E-state index contributed by atoms with van der Waals surface area (Å²) < 4.78 is 16.8. The lowest BCUT2D eigenvalue weighted by atomic mass is 10.2. The predicted molar refractivity (Wildman–Crippen MR) is 128 cm³/mol. The van der Waals surface area contributed by atoms with Gasteiger partial charge in [0.1, 0.15) is 17.0 Å². The third-order valence-corrected chi connectivity index (χ3v) is 5.83. The number of rotatable bonds is 5. The molecule has 0 aliphatic carbocycles. The highest BCUT2D eigenvalue weighted by Crippen LogP contribution is 2.34. The Morgan fingerprint density at radius 1 is 0.970 bits per heavy atom. The number of benzene rings is 3. The summed E-state index contributed by atoms with van der Waals surface area (Å²) >= 11 is 12.3. The number of furan rings is 1. The molecule has 5 rings (SSSR count). The summed E-state index contributed by atoms with van der Waals surface area (Å²) in [5.74, 6) is 1.31. The van der Waals surface area contributed by atoms with Crippen LogP contribution >= 0.6 is 23.2 Å². The van der Waals surface area contributed by atoms with Gasteiger partial charge in [0.2, 0.25) is 5.89 Å². The molecule has 3 aromatic carbocycles. The number of hydrogen-bond acceptors (Lipinski definition) is 5. The van der Waals surface area contributed by atoms with Gasteiger partial charge in [-0.2, -0.15) is 0 Å². The maximum Gasteiger partial charge on any atom is 0.291 e. The van der Waals surface area contributed by atoms with Crippen molar-refractivity contribution >= 4 is 45.9 Å². The van der Waals surface area contributed by atoms with E-state index in [4.69, 9.17) is 36.8 Å². The van der Waals surface area contributed by atoms with Gasteiger partial charge in [-0.15, -0.1) is 0 Å². The van der Waals surface area contributed by atoms with Gasteiger partial charge in [-0.05, 0) is 54.6 Å². The molecule has 2 heterocycles. The molecule has 0 unspecified atom stereocenters. The van der Waals surface area contributed by atoms with E-state index >= 15 is 0 Å². The molecule has 164 valence electrons. The van der Waals surface area contributed by atoms with Crippen LogP contribution in [-0.4, -0.2) is 18.0 Å². The molecule has 1 amide bonds. The molecule has 0 saturated heterocycles. The highest BCUT2D eigenvalue weighted by Gasteiger charge is 2.16. The Hall–Kier alpha value is -3.74. The summed E-state index contributed by atoms with van der Waals surface area (Å²) in [6.45, 7) is 0. The summed E-state index contributed by atoms with van der Waals surface area (Å²) in [7, 11) is 1.60. The first-order chi connectivity index (χ1) is 16.0. The second-order valence-electron chi connectivity index (χ2n) is 7.15. The second-order valence-corrected chi connectivity index (χ2v) is 7.94. The van der Waals surface area contributed by atoms with Gasteiger partial charge < -0.3 is 18.9 Å². The maximum atomic E-state index is 12.8. The first-order valence-electron chi connectivity index (χ1n) is 9.92. The number of carbonyl (C=O) groups excluding carboxylic acids is 1. The van der Waals surface area contributed by atoms with Gasteiger partial charge in [0.05, 0.1) is 17.2 Å². The quantitative estimate of drug-likeness (QED) is 0.286. The number of carbonyl (C=O) groups is 1. The first-order valence-corrected chi connectivity index (χ1v) is 10.7. The van der Waals surface area contributed by atoms with Gasteiger partial charge >= 0.3 is 0 Å². The Bertz CT molecular complexity index is 1490. The lowest BCUT2D eigenvalue weighted by Crippen LogP contribution is -2.10. The normalized spacial score (nSPS) is 11.0. The fourth-order valence-corrected chi connectivity index (χ4v) is 3.77. The van der Waals surface area contributed by atoms with Crippen molar-refractivity contribution in [3.63, 3.8) is 0 Å². The molecule has 1 N–H and O–H groups in total. The standard InChI is InChI=1S/C25H16Cl2N2O4/c1-31-16-8-9-21-19(13-16)29-25(33-21)14-4-2-5-15(12-14)28-24(30)22-11-10-20(32-22)17-6-3-7-18(26)23(17)27/h2-13H,1H3,(H,28,30). The number of ether oxygens (including phenoxy) is 1. The van der Waals surface area contributed by atoms with Gasteiger partial charge in [0, 0.05) is 22.9 Å². The van der Waals surface area contributed by atoms with Crippen LogP contribution in [0.5, 0.6) is 5.75 Å². The summed E-state index contributed by atoms with van der Waals surface area (Å²) in [6.07, 6.45) is 0. The minimum Gasteiger partial charge on any atom is -0.497 e. The topological polar surface area (TPSA) is 77.5 Å². The van der Waals surface area contributed by atoms with Gasteiger partial charge in [-0.25, -0.2) is 4.98 Å². The smallest absolute Gasteiger partial charge is 0.291 e. The fourth-order valence-electron chi connectivity index (χ4n) is 3.38. The fraction of sp³-hybridized carbons (Fsp3) is 0.0400. The number of aromatic nitrogens is 1. The zero-order valence-corrected chi connectivity index (χ0v) is 18.8. The van der Waals surface area contributed by atoms with Gasteiger partial charge in [0.25, 0.3) is 5.91 Å². The van der Waals surface area contributed by atoms with Crippen LogP contribution in [0.1, 0.15) is 10.6 Å². The molecule has 0 aliphatic heterocycles. The predicted octanol–water partition coefficient (Wildman–Crippen LogP) is 7.32. The van der Waals surface area contributed by atoms with Crippen molar-refractivity contribution in [3.05, 3.63) is 88.6 Å². The molecule has 0 bridgehead atoms. The largest absolute Gasteiger partial charge is 0.497 e. The van der Waals surface area contributed by atoms with E-state index in [1.165, 1.54) is 0 Å². The molecule has 0 saturated carbocycles. The third kappa shape index (κ3) is 4.18. The number of fused-ring (bicyclic) bond motifs is 1. The molecule has 0 spiro atoms. The van der Waals surface area contributed by atoms with E-state index in [0.29, 0.717) is 55.4 Å². The van der Waals surface area contributed by atoms with Crippen LogP contribution in [-0.2, 0) is 0 Å². The molecule has 0 aliphatic rings. The van der Waals surface area contributed by atoms with Crippen molar-refractivity contribution in [1.29, 1.82) is 0 Å². The Morgan fingerprint density at radius 2 is 1.82 bits per heavy atom. The number of anilines is 1. The summed E-state index contributed by atoms with van der Waals surface area (Å²) in [5, 5.41) is 3.60. The van der Waals surface area contributed by atoms with Crippen LogP contribution in [0.25, 0.3) is 33.9 Å². The van der Waals surface area contributed by atoms with Gasteiger partial charge in [-0.3, -0.25) is 4.79 Å². The van der Waals surface area contributed by atoms with Crippen LogP contribution in [0.3, 0.4) is 0 Å². The van der Waals surface area contributed by atoms with E-state index < -0.39 is 5.91 Å². The third-order valence-electron chi connectivity index (χ3n) is 5.01. The molecule has 5 aromatic rings. The van der Waals surface area contributed by atoms with Crippen LogP contribution in [0.4, 0.5) is 5.69 Å². The number of nitrogens with one attached hydrogen (secondary N) is 1. The molecule has 2 aromatic heterocycles. The minimum atomic E-state index is -0.404. The number of amides is 1. The Labute approximate surface area is 198 Å². The van der Waals surface area contributed by atoms with Crippen LogP contribution in [0.2, 0.25) is 10.0 Å². The highest BCUT2D eigenvalue weighted by molar-refractivity contribution is 6.43. The summed E-state index contributed by atoms with van der Waals surface area (Å²) in [4.78, 5) is 17.3. The van der Waals surface area contributed by atoms with E-state index in [9.17, 15) is 4.79 Å². The minimum absolute atomic E-state index is 0.139. The molecule has 0 fully saturated rings. The van der Waals surface area contributed by atoms with Gasteiger partial charge in [-0.1, -0.05) is 35.3 Å². The van der Waals surface area contributed by atoms with E-state index in [1.54, 1.807) is 67.8 Å². The number of halogens is 2. The van der Waals surface area contributed by atoms with Crippen molar-refractivity contribution in [2.24, 2.45) is 0 Å². The Kier molecular flexibility index (Phi) is 5.54. The lowest BCUT2D eigenvalue weighted by molar-refractivity contribution is 0.0997. The van der Waals surface area contributed by atoms with Crippen molar-refractivity contribution in [2.45, 2.75) is 0 Å².